The molecule has 0 unspecified atom stereocenters. The van der Waals surface area contributed by atoms with Crippen LogP contribution in [0.5, 0.6) is 0 Å². The number of halogens is 2. The van der Waals surface area contributed by atoms with E-state index < -0.39 is 0 Å². The fraction of sp³-hybridized carbons (Fsp3) is 0.364. The van der Waals surface area contributed by atoms with Gasteiger partial charge in [-0.1, -0.05) is 23.2 Å². The van der Waals surface area contributed by atoms with Crippen molar-refractivity contribution in [2.75, 3.05) is 18.9 Å². The zero-order valence-electron chi connectivity index (χ0n) is 8.99. The predicted molar refractivity (Wildman–Crippen MR) is 69.5 cm³/mol. The van der Waals surface area contributed by atoms with E-state index in [2.05, 4.69) is 0 Å². The van der Waals surface area contributed by atoms with E-state index in [4.69, 9.17) is 28.0 Å². The molecule has 1 heterocycles. The summed E-state index contributed by atoms with van der Waals surface area (Å²) in [7, 11) is 0. The molecule has 3 nitrogen and oxygen atoms in total. The van der Waals surface area contributed by atoms with Crippen molar-refractivity contribution in [1.82, 2.24) is 5.06 Å². The molecular formula is C11H11Cl2NO2S. The van der Waals surface area contributed by atoms with Crippen molar-refractivity contribution in [3.63, 3.8) is 0 Å². The number of carbonyl (C=O) groups excluding carboxylic acids is 1. The lowest BCUT2D eigenvalue weighted by Crippen LogP contribution is -2.28. The summed E-state index contributed by atoms with van der Waals surface area (Å²) in [5.41, 5.74) is 0. The molecule has 1 fully saturated rings. The van der Waals surface area contributed by atoms with Gasteiger partial charge in [0.2, 0.25) is 0 Å². The molecule has 92 valence electrons. The fourth-order valence-corrected chi connectivity index (χ4v) is 2.80. The lowest BCUT2D eigenvalue weighted by Gasteiger charge is -2.13. The summed E-state index contributed by atoms with van der Waals surface area (Å²) in [6.45, 7) is 1.29. The van der Waals surface area contributed by atoms with Crippen molar-refractivity contribution in [1.29, 1.82) is 0 Å². The third kappa shape index (κ3) is 3.52. The fourth-order valence-electron chi connectivity index (χ4n) is 1.44. The summed E-state index contributed by atoms with van der Waals surface area (Å²) in [6.07, 6.45) is 0.897. The van der Waals surface area contributed by atoms with E-state index in [1.165, 1.54) is 16.8 Å². The lowest BCUT2D eigenvalue weighted by molar-refractivity contribution is -0.165. The third-order valence-electron chi connectivity index (χ3n) is 2.28. The van der Waals surface area contributed by atoms with E-state index in [9.17, 15) is 4.79 Å². The summed E-state index contributed by atoms with van der Waals surface area (Å²) in [5, 5.41) is 2.63. The van der Waals surface area contributed by atoms with Crippen molar-refractivity contribution in [3.05, 3.63) is 28.2 Å². The first kappa shape index (κ1) is 13.0. The summed E-state index contributed by atoms with van der Waals surface area (Å²) in [4.78, 5) is 17.7. The highest BCUT2D eigenvalue weighted by Crippen LogP contribution is 2.30. The van der Waals surface area contributed by atoms with Crippen LogP contribution in [0.4, 0.5) is 0 Å². The number of nitrogens with zero attached hydrogens (tertiary/aromatic N) is 1. The van der Waals surface area contributed by atoms with Crippen LogP contribution in [-0.4, -0.2) is 29.9 Å². The third-order valence-corrected chi connectivity index (χ3v) is 3.99. The average molecular weight is 292 g/mol. The molecule has 6 heteroatoms. The van der Waals surface area contributed by atoms with Gasteiger partial charge >= 0.3 is 0 Å². The maximum atomic E-state index is 11.7. The molecule has 0 aromatic heterocycles. The molecule has 17 heavy (non-hydrogen) atoms. The molecule has 0 spiro atoms. The van der Waals surface area contributed by atoms with Gasteiger partial charge in [0.15, 0.2) is 0 Å². The number of amides is 1. The van der Waals surface area contributed by atoms with E-state index in [0.717, 1.165) is 11.3 Å². The van der Waals surface area contributed by atoms with Gasteiger partial charge < -0.3 is 0 Å². The molecule has 0 N–H and O–H groups in total. The maximum absolute atomic E-state index is 11.7. The molecule has 0 aliphatic carbocycles. The molecule has 1 saturated heterocycles. The Labute approximate surface area is 114 Å². The molecule has 1 aliphatic rings. The number of hydrogen-bond acceptors (Lipinski definition) is 3. The number of benzene rings is 1. The van der Waals surface area contributed by atoms with Crippen LogP contribution in [0, 0.1) is 0 Å². The Bertz CT molecular complexity index is 422. The smallest absolute Gasteiger partial charge is 0.256 e. The van der Waals surface area contributed by atoms with Gasteiger partial charge in [0.05, 0.1) is 23.9 Å². The first-order valence-electron chi connectivity index (χ1n) is 5.18. The van der Waals surface area contributed by atoms with Crippen molar-refractivity contribution < 1.29 is 9.63 Å². The van der Waals surface area contributed by atoms with E-state index in [1.807, 2.05) is 0 Å². The topological polar surface area (TPSA) is 29.5 Å². The highest BCUT2D eigenvalue weighted by molar-refractivity contribution is 8.00. The summed E-state index contributed by atoms with van der Waals surface area (Å²) in [6, 6.07) is 5.20. The molecule has 2 rings (SSSR count). The molecule has 0 bridgehead atoms. The molecule has 1 aliphatic heterocycles. The molecule has 1 aromatic rings. The Morgan fingerprint density at radius 2 is 2.29 bits per heavy atom. The van der Waals surface area contributed by atoms with Crippen LogP contribution in [0.1, 0.15) is 6.42 Å². The van der Waals surface area contributed by atoms with Crippen LogP contribution in [0.3, 0.4) is 0 Å². The van der Waals surface area contributed by atoms with Crippen molar-refractivity contribution in [2.45, 2.75) is 11.3 Å². The Morgan fingerprint density at radius 3 is 3.00 bits per heavy atom. The van der Waals surface area contributed by atoms with E-state index >= 15 is 0 Å². The van der Waals surface area contributed by atoms with Gasteiger partial charge in [-0.25, -0.2) is 5.06 Å². The van der Waals surface area contributed by atoms with Gasteiger partial charge in [0, 0.05) is 9.92 Å². The number of rotatable bonds is 3. The van der Waals surface area contributed by atoms with Gasteiger partial charge in [-0.3, -0.25) is 9.63 Å². The minimum absolute atomic E-state index is 0.0384. The van der Waals surface area contributed by atoms with Crippen molar-refractivity contribution in [2.24, 2.45) is 0 Å². The van der Waals surface area contributed by atoms with Crippen molar-refractivity contribution >= 4 is 40.9 Å². The van der Waals surface area contributed by atoms with Gasteiger partial charge in [0.25, 0.3) is 5.91 Å². The van der Waals surface area contributed by atoms with Crippen LogP contribution in [0.2, 0.25) is 10.0 Å². The molecule has 1 amide bonds. The monoisotopic (exact) mass is 291 g/mol. The Morgan fingerprint density at radius 1 is 1.47 bits per heavy atom. The summed E-state index contributed by atoms with van der Waals surface area (Å²) in [5.74, 6) is 0.267. The largest absolute Gasteiger partial charge is 0.272 e. The SMILES string of the molecule is O=C(CSc1cc(Cl)ccc1Cl)N1CCCO1. The highest BCUT2D eigenvalue weighted by Gasteiger charge is 2.19. The molecular weight excluding hydrogens is 281 g/mol. The van der Waals surface area contributed by atoms with Gasteiger partial charge in [0.1, 0.15) is 0 Å². The van der Waals surface area contributed by atoms with Crippen LogP contribution < -0.4 is 0 Å². The number of thioether (sulfide) groups is 1. The summed E-state index contributed by atoms with van der Waals surface area (Å²) >= 11 is 13.2. The van der Waals surface area contributed by atoms with Gasteiger partial charge in [-0.15, -0.1) is 11.8 Å². The first-order valence-corrected chi connectivity index (χ1v) is 6.92. The van der Waals surface area contributed by atoms with Crippen molar-refractivity contribution in [3.8, 4) is 0 Å². The highest BCUT2D eigenvalue weighted by atomic mass is 35.5. The Balaban J connectivity index is 1.92. The van der Waals surface area contributed by atoms with Crippen LogP contribution in [0.25, 0.3) is 0 Å². The maximum Gasteiger partial charge on any atom is 0.256 e. The second kappa shape index (κ2) is 5.96. The molecule has 1 aromatic carbocycles. The van der Waals surface area contributed by atoms with Crippen LogP contribution >= 0.6 is 35.0 Å². The summed E-state index contributed by atoms with van der Waals surface area (Å²) < 4.78 is 0. The first-order chi connectivity index (χ1) is 8.16. The van der Waals surface area contributed by atoms with E-state index in [1.54, 1.807) is 18.2 Å². The van der Waals surface area contributed by atoms with Crippen LogP contribution in [0.15, 0.2) is 23.1 Å². The normalized spacial score (nSPS) is 15.3. The van der Waals surface area contributed by atoms with E-state index in [0.29, 0.717) is 28.9 Å². The number of hydroxylamine groups is 2. The number of hydrogen-bond donors (Lipinski definition) is 0. The minimum Gasteiger partial charge on any atom is -0.272 e. The number of carbonyl (C=O) groups is 1. The lowest BCUT2D eigenvalue weighted by atomic mass is 10.4. The zero-order valence-corrected chi connectivity index (χ0v) is 11.3. The van der Waals surface area contributed by atoms with Gasteiger partial charge in [-0.2, -0.15) is 0 Å². The standard InChI is InChI=1S/C11H11Cl2NO2S/c12-8-2-3-9(13)10(6-8)17-7-11(15)14-4-1-5-16-14/h2-3,6H,1,4-5,7H2. The second-order valence-corrected chi connectivity index (χ2v) is 5.41. The zero-order chi connectivity index (χ0) is 12.3. The Hall–Kier alpha value is -0.420. The second-order valence-electron chi connectivity index (χ2n) is 3.55. The van der Waals surface area contributed by atoms with Gasteiger partial charge in [-0.05, 0) is 24.6 Å². The molecule has 0 radical (unpaired) electrons. The quantitative estimate of drug-likeness (QED) is 0.801. The Kier molecular flexibility index (Phi) is 4.56. The minimum atomic E-state index is -0.0384. The van der Waals surface area contributed by atoms with E-state index in [-0.39, 0.29) is 5.91 Å². The average Bonchev–Trinajstić information content (AvgIpc) is 2.83. The molecule has 0 atom stereocenters. The molecule has 0 saturated carbocycles. The predicted octanol–water partition coefficient (Wildman–Crippen LogP) is 3.25. The van der Waals surface area contributed by atoms with Crippen LogP contribution in [-0.2, 0) is 9.63 Å².